The summed E-state index contributed by atoms with van der Waals surface area (Å²) in [6.07, 6.45) is 5.44. The summed E-state index contributed by atoms with van der Waals surface area (Å²) in [7, 11) is 0. The first kappa shape index (κ1) is 9.41. The highest BCUT2D eigenvalue weighted by atomic mass is 16.1. The highest BCUT2D eigenvalue weighted by Gasteiger charge is 1.92. The lowest BCUT2D eigenvalue weighted by Crippen LogP contribution is -1.90. The molecular formula is C9H16O. The molecule has 0 aromatic heterocycles. The van der Waals surface area contributed by atoms with Gasteiger partial charge in [-0.05, 0) is 25.8 Å². The molecule has 0 N–H and O–H groups in total. The van der Waals surface area contributed by atoms with Gasteiger partial charge < -0.3 is 0 Å². The predicted molar refractivity (Wildman–Crippen MR) is 44.0 cm³/mol. The van der Waals surface area contributed by atoms with Crippen LogP contribution in [0.2, 0.25) is 0 Å². The molecule has 0 atom stereocenters. The third-order valence-electron chi connectivity index (χ3n) is 1.56. The maximum Gasteiger partial charge on any atom is 0.155 e. The summed E-state index contributed by atoms with van der Waals surface area (Å²) in [5, 5.41) is 0. The summed E-state index contributed by atoms with van der Waals surface area (Å²) in [5.74, 6) is 0.191. The smallest absolute Gasteiger partial charge is 0.155 e. The van der Waals surface area contributed by atoms with Crippen molar-refractivity contribution in [1.82, 2.24) is 0 Å². The van der Waals surface area contributed by atoms with Crippen molar-refractivity contribution in [2.45, 2.75) is 40.0 Å². The molecule has 0 aliphatic heterocycles. The molecule has 58 valence electrons. The Morgan fingerprint density at radius 2 is 2.00 bits per heavy atom. The van der Waals surface area contributed by atoms with Gasteiger partial charge in [-0.3, -0.25) is 4.79 Å². The van der Waals surface area contributed by atoms with Crippen molar-refractivity contribution in [3.8, 4) is 0 Å². The standard InChI is InChI=1S/C9H16O/c1-4-5-6-7-8(2)9(3)10/h7H,4-6H2,1-3H3/b8-7-. The van der Waals surface area contributed by atoms with Crippen LogP contribution in [-0.2, 0) is 4.79 Å². The lowest BCUT2D eigenvalue weighted by Gasteiger charge is -1.92. The third-order valence-corrected chi connectivity index (χ3v) is 1.56. The molecule has 0 saturated heterocycles. The number of carbonyl (C=O) groups excluding carboxylic acids is 1. The van der Waals surface area contributed by atoms with E-state index in [2.05, 4.69) is 6.92 Å². The summed E-state index contributed by atoms with van der Waals surface area (Å²) in [6.45, 7) is 5.63. The minimum absolute atomic E-state index is 0.191. The summed E-state index contributed by atoms with van der Waals surface area (Å²) < 4.78 is 0. The minimum Gasteiger partial charge on any atom is -0.295 e. The fourth-order valence-electron chi connectivity index (χ4n) is 0.666. The highest BCUT2D eigenvalue weighted by molar-refractivity contribution is 5.92. The van der Waals surface area contributed by atoms with Crippen molar-refractivity contribution in [3.05, 3.63) is 11.6 Å². The monoisotopic (exact) mass is 140 g/mol. The molecule has 0 unspecified atom stereocenters. The lowest BCUT2D eigenvalue weighted by molar-refractivity contribution is -0.113. The van der Waals surface area contributed by atoms with Gasteiger partial charge in [-0.2, -0.15) is 0 Å². The van der Waals surface area contributed by atoms with Crippen LogP contribution in [0.25, 0.3) is 0 Å². The van der Waals surface area contributed by atoms with E-state index in [1.54, 1.807) is 6.92 Å². The van der Waals surface area contributed by atoms with Crippen LogP contribution in [0.5, 0.6) is 0 Å². The van der Waals surface area contributed by atoms with Gasteiger partial charge in [-0.1, -0.05) is 25.8 Å². The molecule has 0 saturated carbocycles. The number of allylic oxidation sites excluding steroid dienone is 2. The zero-order chi connectivity index (χ0) is 7.98. The van der Waals surface area contributed by atoms with Crippen LogP contribution in [-0.4, -0.2) is 5.78 Å². The minimum atomic E-state index is 0.191. The molecule has 0 aromatic carbocycles. The van der Waals surface area contributed by atoms with Gasteiger partial charge in [-0.25, -0.2) is 0 Å². The number of hydrogen-bond acceptors (Lipinski definition) is 1. The molecule has 0 spiro atoms. The van der Waals surface area contributed by atoms with E-state index in [1.807, 2.05) is 13.0 Å². The van der Waals surface area contributed by atoms with Gasteiger partial charge in [0, 0.05) is 0 Å². The Morgan fingerprint density at radius 3 is 2.40 bits per heavy atom. The number of Topliss-reactive ketones (excluding diaryl/α,β-unsaturated/α-hetero) is 1. The normalized spacial score (nSPS) is 11.7. The Labute approximate surface area is 63.1 Å². The van der Waals surface area contributed by atoms with Gasteiger partial charge in [0.15, 0.2) is 5.78 Å². The summed E-state index contributed by atoms with van der Waals surface area (Å²) in [5.41, 5.74) is 0.897. The fraction of sp³-hybridized carbons (Fsp3) is 0.667. The molecule has 0 rings (SSSR count). The average molecular weight is 140 g/mol. The van der Waals surface area contributed by atoms with Crippen LogP contribution in [0.3, 0.4) is 0 Å². The number of ketones is 1. The van der Waals surface area contributed by atoms with E-state index in [1.165, 1.54) is 12.8 Å². The second-order valence-corrected chi connectivity index (χ2v) is 2.59. The topological polar surface area (TPSA) is 17.1 Å². The fourth-order valence-corrected chi connectivity index (χ4v) is 0.666. The molecule has 0 aromatic rings. The Hall–Kier alpha value is -0.590. The van der Waals surface area contributed by atoms with E-state index in [4.69, 9.17) is 0 Å². The molecule has 0 bridgehead atoms. The first-order valence-electron chi connectivity index (χ1n) is 3.86. The molecule has 0 amide bonds. The van der Waals surface area contributed by atoms with Gasteiger partial charge in [0.25, 0.3) is 0 Å². The van der Waals surface area contributed by atoms with Crippen LogP contribution in [0.4, 0.5) is 0 Å². The molecule has 0 radical (unpaired) electrons. The zero-order valence-corrected chi connectivity index (χ0v) is 7.11. The second kappa shape index (κ2) is 5.21. The molecule has 0 heterocycles. The molecule has 0 fully saturated rings. The van der Waals surface area contributed by atoms with E-state index < -0.39 is 0 Å². The Balaban J connectivity index is 3.58. The SMILES string of the molecule is CCCC/C=C(/C)C(C)=O. The van der Waals surface area contributed by atoms with Crippen molar-refractivity contribution in [2.75, 3.05) is 0 Å². The zero-order valence-electron chi connectivity index (χ0n) is 7.11. The molecule has 1 nitrogen and oxygen atoms in total. The van der Waals surface area contributed by atoms with Crippen molar-refractivity contribution < 1.29 is 4.79 Å². The highest BCUT2D eigenvalue weighted by Crippen LogP contribution is 2.00. The van der Waals surface area contributed by atoms with Crippen LogP contribution in [0, 0.1) is 0 Å². The second-order valence-electron chi connectivity index (χ2n) is 2.59. The van der Waals surface area contributed by atoms with Crippen molar-refractivity contribution in [2.24, 2.45) is 0 Å². The largest absolute Gasteiger partial charge is 0.295 e. The summed E-state index contributed by atoms with van der Waals surface area (Å²) in [6, 6.07) is 0. The van der Waals surface area contributed by atoms with Crippen LogP contribution in [0.15, 0.2) is 11.6 Å². The number of unbranched alkanes of at least 4 members (excludes halogenated alkanes) is 2. The van der Waals surface area contributed by atoms with Crippen LogP contribution < -0.4 is 0 Å². The molecule has 1 heteroatoms. The first-order chi connectivity index (χ1) is 4.68. The Kier molecular flexibility index (Phi) is 4.91. The van der Waals surface area contributed by atoms with Gasteiger partial charge in [0.1, 0.15) is 0 Å². The van der Waals surface area contributed by atoms with Gasteiger partial charge in [-0.15, -0.1) is 0 Å². The average Bonchev–Trinajstić information content (AvgIpc) is 1.88. The van der Waals surface area contributed by atoms with Crippen LogP contribution >= 0.6 is 0 Å². The van der Waals surface area contributed by atoms with Gasteiger partial charge >= 0.3 is 0 Å². The van der Waals surface area contributed by atoms with E-state index >= 15 is 0 Å². The Bertz CT molecular complexity index is 134. The molecule has 0 aliphatic carbocycles. The first-order valence-corrected chi connectivity index (χ1v) is 3.86. The van der Waals surface area contributed by atoms with Gasteiger partial charge in [0.05, 0.1) is 0 Å². The van der Waals surface area contributed by atoms with Crippen molar-refractivity contribution >= 4 is 5.78 Å². The number of carbonyl (C=O) groups is 1. The van der Waals surface area contributed by atoms with E-state index in [0.717, 1.165) is 12.0 Å². The lowest BCUT2D eigenvalue weighted by atomic mass is 10.1. The van der Waals surface area contributed by atoms with Crippen molar-refractivity contribution in [3.63, 3.8) is 0 Å². The van der Waals surface area contributed by atoms with Crippen molar-refractivity contribution in [1.29, 1.82) is 0 Å². The third kappa shape index (κ3) is 4.30. The number of rotatable bonds is 4. The summed E-state index contributed by atoms with van der Waals surface area (Å²) >= 11 is 0. The van der Waals surface area contributed by atoms with E-state index in [0.29, 0.717) is 0 Å². The maximum atomic E-state index is 10.7. The Morgan fingerprint density at radius 1 is 1.40 bits per heavy atom. The molecular weight excluding hydrogens is 124 g/mol. The van der Waals surface area contributed by atoms with Gasteiger partial charge in [0.2, 0.25) is 0 Å². The molecule has 10 heavy (non-hydrogen) atoms. The number of hydrogen-bond donors (Lipinski definition) is 0. The van der Waals surface area contributed by atoms with E-state index in [-0.39, 0.29) is 5.78 Å². The van der Waals surface area contributed by atoms with E-state index in [9.17, 15) is 4.79 Å². The maximum absolute atomic E-state index is 10.7. The van der Waals surface area contributed by atoms with Crippen LogP contribution in [0.1, 0.15) is 40.0 Å². The predicted octanol–water partition coefficient (Wildman–Crippen LogP) is 2.71. The molecule has 0 aliphatic rings. The summed E-state index contributed by atoms with van der Waals surface area (Å²) in [4.78, 5) is 10.7. The quantitative estimate of drug-likeness (QED) is 0.433.